The Kier molecular flexibility index (Phi) is 7.38. The smallest absolute Gasteiger partial charge is 0.192 e. The van der Waals surface area contributed by atoms with Crippen LogP contribution in [0.2, 0.25) is 0 Å². The van der Waals surface area contributed by atoms with Crippen LogP contribution < -0.4 is 4.74 Å². The summed E-state index contributed by atoms with van der Waals surface area (Å²) in [5, 5.41) is 9.74. The van der Waals surface area contributed by atoms with Crippen LogP contribution in [0.15, 0.2) is 59.8 Å². The highest BCUT2D eigenvalue weighted by Gasteiger charge is 2.19. The number of hydrogen-bond donors (Lipinski definition) is 0. The number of carbonyl (C=O) groups is 1. The summed E-state index contributed by atoms with van der Waals surface area (Å²) in [7, 11) is 1.62. The number of rotatable bonds is 9. The zero-order valence-corrected chi connectivity index (χ0v) is 18.7. The number of aromatic nitrogens is 3. The number of nitrogens with zero attached hydrogens (tertiary/aromatic N) is 4. The van der Waals surface area contributed by atoms with Gasteiger partial charge in [0.2, 0.25) is 0 Å². The first-order valence-electron chi connectivity index (χ1n) is 10.7. The van der Waals surface area contributed by atoms with Crippen molar-refractivity contribution >= 4 is 17.5 Å². The molecule has 6 nitrogen and oxygen atoms in total. The Hall–Kier alpha value is -2.64. The van der Waals surface area contributed by atoms with Gasteiger partial charge in [-0.2, -0.15) is 0 Å². The van der Waals surface area contributed by atoms with Crippen molar-refractivity contribution in [3.05, 3.63) is 71.5 Å². The molecule has 0 unspecified atom stereocenters. The van der Waals surface area contributed by atoms with Crippen molar-refractivity contribution in [1.29, 1.82) is 0 Å². The van der Waals surface area contributed by atoms with E-state index in [0.29, 0.717) is 17.9 Å². The maximum Gasteiger partial charge on any atom is 0.192 e. The highest BCUT2D eigenvalue weighted by Crippen LogP contribution is 2.22. The third kappa shape index (κ3) is 5.74. The van der Waals surface area contributed by atoms with E-state index in [1.807, 2.05) is 30.3 Å². The topological polar surface area (TPSA) is 60.2 Å². The van der Waals surface area contributed by atoms with Crippen molar-refractivity contribution in [3.63, 3.8) is 0 Å². The Morgan fingerprint density at radius 3 is 2.42 bits per heavy atom. The van der Waals surface area contributed by atoms with E-state index >= 15 is 0 Å². The molecule has 2 aromatic carbocycles. The van der Waals surface area contributed by atoms with Crippen LogP contribution in [0, 0.1) is 0 Å². The van der Waals surface area contributed by atoms with Crippen LogP contribution in [-0.2, 0) is 13.1 Å². The molecular formula is C24H28N4O2S. The first-order chi connectivity index (χ1) is 15.2. The minimum Gasteiger partial charge on any atom is -0.497 e. The van der Waals surface area contributed by atoms with Gasteiger partial charge in [-0.3, -0.25) is 9.69 Å². The summed E-state index contributed by atoms with van der Waals surface area (Å²) in [6.07, 6.45) is 3.79. The Morgan fingerprint density at radius 1 is 0.968 bits per heavy atom. The quantitative estimate of drug-likeness (QED) is 0.368. The maximum atomic E-state index is 12.7. The third-order valence-electron chi connectivity index (χ3n) is 5.54. The van der Waals surface area contributed by atoms with Crippen molar-refractivity contribution in [3.8, 4) is 5.75 Å². The van der Waals surface area contributed by atoms with Gasteiger partial charge in [0.25, 0.3) is 0 Å². The SMILES string of the molecule is COc1ccc(C(=O)CSc2nnc(CN3CCCCC3)n2Cc2ccccc2)cc1. The molecule has 0 spiro atoms. The molecule has 162 valence electrons. The number of ketones is 1. The van der Waals surface area contributed by atoms with E-state index in [4.69, 9.17) is 4.74 Å². The predicted octanol–water partition coefficient (Wildman–Crippen LogP) is 4.30. The van der Waals surface area contributed by atoms with Gasteiger partial charge in [-0.25, -0.2) is 0 Å². The van der Waals surface area contributed by atoms with E-state index in [2.05, 4.69) is 31.8 Å². The summed E-state index contributed by atoms with van der Waals surface area (Å²) in [6, 6.07) is 17.6. The lowest BCUT2D eigenvalue weighted by Gasteiger charge is -2.26. The van der Waals surface area contributed by atoms with Gasteiger partial charge < -0.3 is 9.30 Å². The number of hydrogen-bond acceptors (Lipinski definition) is 6. The average molecular weight is 437 g/mol. The van der Waals surface area contributed by atoms with Gasteiger partial charge in [0.1, 0.15) is 11.6 Å². The maximum absolute atomic E-state index is 12.7. The van der Waals surface area contributed by atoms with Crippen molar-refractivity contribution in [2.24, 2.45) is 0 Å². The summed E-state index contributed by atoms with van der Waals surface area (Å²) in [5.74, 6) is 2.10. The zero-order valence-electron chi connectivity index (χ0n) is 17.9. The fourth-order valence-electron chi connectivity index (χ4n) is 3.78. The van der Waals surface area contributed by atoms with Crippen molar-refractivity contribution in [2.75, 3.05) is 26.0 Å². The predicted molar refractivity (Wildman–Crippen MR) is 123 cm³/mol. The molecule has 3 aromatic rings. The molecule has 0 aliphatic carbocycles. The van der Waals surface area contributed by atoms with Crippen LogP contribution in [0.3, 0.4) is 0 Å². The molecule has 1 aliphatic rings. The zero-order chi connectivity index (χ0) is 21.5. The number of Topliss-reactive ketones (excluding diaryl/α,β-unsaturated/α-hetero) is 1. The van der Waals surface area contributed by atoms with E-state index in [9.17, 15) is 4.79 Å². The molecule has 1 fully saturated rings. The second-order valence-corrected chi connectivity index (χ2v) is 8.69. The first kappa shape index (κ1) is 21.6. The molecule has 1 aliphatic heterocycles. The molecule has 31 heavy (non-hydrogen) atoms. The normalized spacial score (nSPS) is 14.5. The minimum atomic E-state index is 0.0690. The number of carbonyl (C=O) groups excluding carboxylic acids is 1. The highest BCUT2D eigenvalue weighted by molar-refractivity contribution is 7.99. The van der Waals surface area contributed by atoms with Crippen molar-refractivity contribution in [2.45, 2.75) is 37.5 Å². The molecule has 1 aromatic heterocycles. The van der Waals surface area contributed by atoms with Crippen LogP contribution in [0.4, 0.5) is 0 Å². The van der Waals surface area contributed by atoms with Crippen molar-refractivity contribution < 1.29 is 9.53 Å². The number of thioether (sulfide) groups is 1. The summed E-state index contributed by atoms with van der Waals surface area (Å²) in [5.41, 5.74) is 1.88. The Morgan fingerprint density at radius 2 is 1.71 bits per heavy atom. The molecule has 0 saturated carbocycles. The van der Waals surface area contributed by atoms with E-state index in [1.165, 1.54) is 36.6 Å². The fourth-order valence-corrected chi connectivity index (χ4v) is 4.63. The number of methoxy groups -OCH3 is 1. The van der Waals surface area contributed by atoms with Gasteiger partial charge in [-0.15, -0.1) is 10.2 Å². The van der Waals surface area contributed by atoms with Gasteiger partial charge in [-0.05, 0) is 55.8 Å². The van der Waals surface area contributed by atoms with E-state index in [0.717, 1.165) is 36.4 Å². The summed E-state index contributed by atoms with van der Waals surface area (Å²) < 4.78 is 7.34. The van der Waals surface area contributed by atoms with Gasteiger partial charge in [-0.1, -0.05) is 48.5 Å². The molecule has 1 saturated heterocycles. The molecule has 4 rings (SSSR count). The lowest BCUT2D eigenvalue weighted by molar-refractivity contribution is 0.102. The summed E-state index contributed by atoms with van der Waals surface area (Å²) >= 11 is 1.45. The first-order valence-corrected chi connectivity index (χ1v) is 11.7. The Balaban J connectivity index is 1.49. The number of piperidine rings is 1. The Bertz CT molecular complexity index is 983. The summed E-state index contributed by atoms with van der Waals surface area (Å²) in [4.78, 5) is 15.1. The van der Waals surface area contributed by atoms with Crippen LogP contribution in [0.5, 0.6) is 5.75 Å². The lowest BCUT2D eigenvalue weighted by atomic mass is 10.1. The molecule has 0 bridgehead atoms. The largest absolute Gasteiger partial charge is 0.497 e. The fraction of sp³-hybridized carbons (Fsp3) is 0.375. The number of likely N-dealkylation sites (tertiary alicyclic amines) is 1. The molecule has 0 N–H and O–H groups in total. The van der Waals surface area contributed by atoms with Gasteiger partial charge in [0.15, 0.2) is 10.9 Å². The standard InChI is InChI=1S/C24H28N4O2S/c1-30-21-12-10-20(11-13-21)22(29)18-31-24-26-25-23(17-27-14-6-3-7-15-27)28(24)16-19-8-4-2-5-9-19/h2,4-5,8-13H,3,6-7,14-18H2,1H3. The second-order valence-electron chi connectivity index (χ2n) is 7.75. The van der Waals surface area contributed by atoms with Gasteiger partial charge >= 0.3 is 0 Å². The van der Waals surface area contributed by atoms with Crippen LogP contribution in [0.1, 0.15) is 41.0 Å². The minimum absolute atomic E-state index is 0.0690. The van der Waals surface area contributed by atoms with E-state index in [1.54, 1.807) is 19.2 Å². The molecule has 2 heterocycles. The monoisotopic (exact) mass is 436 g/mol. The van der Waals surface area contributed by atoms with Crippen LogP contribution >= 0.6 is 11.8 Å². The molecule has 0 atom stereocenters. The number of benzene rings is 2. The number of ether oxygens (including phenoxy) is 1. The van der Waals surface area contributed by atoms with Crippen LogP contribution in [0.25, 0.3) is 0 Å². The van der Waals surface area contributed by atoms with Crippen LogP contribution in [-0.4, -0.2) is 51.4 Å². The average Bonchev–Trinajstić information content (AvgIpc) is 3.19. The Labute approximate surface area is 187 Å². The second kappa shape index (κ2) is 10.6. The van der Waals surface area contributed by atoms with E-state index < -0.39 is 0 Å². The molecule has 0 amide bonds. The third-order valence-corrected chi connectivity index (χ3v) is 6.50. The lowest BCUT2D eigenvalue weighted by Crippen LogP contribution is -2.30. The molecular weight excluding hydrogens is 408 g/mol. The van der Waals surface area contributed by atoms with Gasteiger partial charge in [0.05, 0.1) is 26.0 Å². The van der Waals surface area contributed by atoms with Crippen molar-refractivity contribution in [1.82, 2.24) is 19.7 Å². The summed E-state index contributed by atoms with van der Waals surface area (Å²) in [6.45, 7) is 3.72. The highest BCUT2D eigenvalue weighted by atomic mass is 32.2. The van der Waals surface area contributed by atoms with E-state index in [-0.39, 0.29) is 5.78 Å². The molecule has 7 heteroatoms. The van der Waals surface area contributed by atoms with Gasteiger partial charge in [0, 0.05) is 5.56 Å². The molecule has 0 radical (unpaired) electrons.